The molecule has 2 unspecified atom stereocenters. The first kappa shape index (κ1) is 22.7. The van der Waals surface area contributed by atoms with Gasteiger partial charge in [0.05, 0.1) is 24.6 Å². The van der Waals surface area contributed by atoms with Gasteiger partial charge < -0.3 is 4.57 Å². The van der Waals surface area contributed by atoms with E-state index in [2.05, 4.69) is 137 Å². The Morgan fingerprint density at radius 3 is 2.42 bits per heavy atom. The van der Waals surface area contributed by atoms with E-state index in [0.29, 0.717) is 5.75 Å². The molecule has 2 radical (unpaired) electrons. The first-order valence-corrected chi connectivity index (χ1v) is 14.4. The highest BCUT2D eigenvalue weighted by Crippen LogP contribution is 2.60. The molecule has 8 rings (SSSR count). The number of halogens is 1. The van der Waals surface area contributed by atoms with E-state index in [-0.39, 0.29) is 11.2 Å². The summed E-state index contributed by atoms with van der Waals surface area (Å²) in [6, 6.07) is 35.8. The van der Waals surface area contributed by atoms with Gasteiger partial charge in [-0.1, -0.05) is 94.3 Å². The Morgan fingerprint density at radius 2 is 1.61 bits per heavy atom. The second-order valence-corrected chi connectivity index (χ2v) is 12.0. The van der Waals surface area contributed by atoms with Gasteiger partial charge in [-0.2, -0.15) is 12.6 Å². The first-order chi connectivity index (χ1) is 18.5. The van der Waals surface area contributed by atoms with Crippen molar-refractivity contribution in [3.63, 3.8) is 0 Å². The molecule has 4 heteroatoms. The van der Waals surface area contributed by atoms with E-state index in [1.807, 2.05) is 0 Å². The van der Waals surface area contributed by atoms with Crippen LogP contribution in [0.1, 0.15) is 35.0 Å². The van der Waals surface area contributed by atoms with Crippen molar-refractivity contribution in [1.29, 1.82) is 0 Å². The van der Waals surface area contributed by atoms with Crippen LogP contribution >= 0.6 is 28.6 Å². The van der Waals surface area contributed by atoms with Gasteiger partial charge in [0, 0.05) is 31.8 Å². The highest BCUT2D eigenvalue weighted by Gasteiger charge is 2.45. The van der Waals surface area contributed by atoms with E-state index in [1.165, 1.54) is 66.4 Å². The second kappa shape index (κ2) is 7.91. The molecule has 2 heterocycles. The summed E-state index contributed by atoms with van der Waals surface area (Å²) in [5.74, 6) is 0.477. The fourth-order valence-electron chi connectivity index (χ4n) is 6.99. The van der Waals surface area contributed by atoms with Crippen molar-refractivity contribution in [1.82, 2.24) is 4.57 Å². The monoisotopic (exact) mass is 567 g/mol. The third kappa shape index (κ3) is 2.75. The average molecular weight is 568 g/mol. The molecule has 38 heavy (non-hydrogen) atoms. The second-order valence-electron chi connectivity index (χ2n) is 10.7. The molecule has 6 aromatic rings. The number of hydrogen-bond acceptors (Lipinski definition) is 1. The molecule has 0 N–H and O–H groups in total. The lowest BCUT2D eigenvalue weighted by molar-refractivity contribution is 0.714. The maximum atomic E-state index is 6.51. The fourth-order valence-corrected chi connectivity index (χ4v) is 7.65. The maximum absolute atomic E-state index is 6.51. The van der Waals surface area contributed by atoms with Crippen molar-refractivity contribution in [3.8, 4) is 27.9 Å². The van der Waals surface area contributed by atoms with Crippen LogP contribution in [0.25, 0.3) is 49.7 Å². The van der Waals surface area contributed by atoms with Crippen molar-refractivity contribution < 1.29 is 0 Å². The molecule has 0 amide bonds. The van der Waals surface area contributed by atoms with E-state index < -0.39 is 0 Å². The Labute approximate surface area is 237 Å². The molecule has 1 aromatic heterocycles. The Morgan fingerprint density at radius 1 is 0.816 bits per heavy atom. The minimum atomic E-state index is -0.272. The summed E-state index contributed by atoms with van der Waals surface area (Å²) in [6.45, 7) is 2.39. The normalized spacial score (nSPS) is 17.6. The van der Waals surface area contributed by atoms with Gasteiger partial charge in [0.1, 0.15) is 0 Å². The summed E-state index contributed by atoms with van der Waals surface area (Å²) in [4.78, 5) is 0. The van der Waals surface area contributed by atoms with Crippen molar-refractivity contribution >= 4 is 58.2 Å². The van der Waals surface area contributed by atoms with Crippen LogP contribution in [0.3, 0.4) is 0 Å². The zero-order chi connectivity index (χ0) is 25.8. The summed E-state index contributed by atoms with van der Waals surface area (Å²) in [7, 11) is 6.51. The van der Waals surface area contributed by atoms with Crippen LogP contribution in [-0.4, -0.2) is 18.2 Å². The minimum absolute atomic E-state index is 0.123. The standard InChI is InChI=1S/C34H23BBrNS/c1-34(20-7-3-2-4-8-20)26-14-13-24-22-9-5-6-10-29(22)37-30-15-19(28(35)18-38)11-12-23(30)25-16-21(36)17-27(34)31(25)32(26)33(24)37/h2-17,28,38H,18H2,1H3. The molecule has 0 saturated carbocycles. The fraction of sp³-hybridized carbons (Fsp3) is 0.118. The van der Waals surface area contributed by atoms with E-state index in [1.54, 1.807) is 0 Å². The Kier molecular flexibility index (Phi) is 4.73. The third-order valence-corrected chi connectivity index (χ3v) is 9.65. The lowest BCUT2D eigenvalue weighted by atomic mass is 9.74. The molecular formula is C34H23BBrNS. The van der Waals surface area contributed by atoms with Crippen molar-refractivity contribution in [3.05, 3.63) is 124 Å². The number of fused-ring (bicyclic) bond motifs is 6. The van der Waals surface area contributed by atoms with Crippen LogP contribution in [0.5, 0.6) is 0 Å². The Bertz CT molecular complexity index is 1960. The summed E-state index contributed by atoms with van der Waals surface area (Å²) < 4.78 is 3.58. The maximum Gasteiger partial charge on any atom is 0.0774 e. The SMILES string of the molecule is [B]C(CS)c1ccc2c(c1)-n1c3ccccc3c3ccc4c(c31)-c1c-2cc(Br)cc1C4(C)c1ccccc1. The molecule has 2 atom stereocenters. The first-order valence-electron chi connectivity index (χ1n) is 13.0. The van der Waals surface area contributed by atoms with Crippen molar-refractivity contribution in [2.75, 3.05) is 5.75 Å². The van der Waals surface area contributed by atoms with Crippen LogP contribution in [-0.2, 0) is 5.41 Å². The van der Waals surface area contributed by atoms with Crippen LogP contribution < -0.4 is 0 Å². The minimum Gasteiger partial charge on any atom is -0.308 e. The predicted octanol–water partition coefficient (Wildman–Crippen LogP) is 9.00. The van der Waals surface area contributed by atoms with Gasteiger partial charge in [0.2, 0.25) is 0 Å². The zero-order valence-electron chi connectivity index (χ0n) is 20.9. The van der Waals surface area contributed by atoms with Gasteiger partial charge in [0.25, 0.3) is 0 Å². The van der Waals surface area contributed by atoms with Crippen molar-refractivity contribution in [2.24, 2.45) is 0 Å². The van der Waals surface area contributed by atoms with E-state index >= 15 is 0 Å². The highest BCUT2D eigenvalue weighted by molar-refractivity contribution is 9.10. The third-order valence-electron chi connectivity index (χ3n) is 8.80. The number of nitrogens with zero attached hydrogens (tertiary/aromatic N) is 1. The van der Waals surface area contributed by atoms with Crippen LogP contribution in [0.2, 0.25) is 0 Å². The number of thiol groups is 1. The number of hydrogen-bond donors (Lipinski definition) is 1. The largest absolute Gasteiger partial charge is 0.308 e. The smallest absolute Gasteiger partial charge is 0.0774 e. The van der Waals surface area contributed by atoms with Gasteiger partial charge in [-0.3, -0.25) is 0 Å². The molecule has 5 aromatic carbocycles. The molecule has 1 nitrogen and oxygen atoms in total. The number of benzene rings is 5. The van der Waals surface area contributed by atoms with E-state index in [0.717, 1.165) is 10.0 Å². The lowest BCUT2D eigenvalue weighted by Gasteiger charge is -2.29. The van der Waals surface area contributed by atoms with Crippen LogP contribution in [0.4, 0.5) is 0 Å². The van der Waals surface area contributed by atoms with Crippen molar-refractivity contribution in [2.45, 2.75) is 18.2 Å². The van der Waals surface area contributed by atoms with Gasteiger partial charge >= 0.3 is 0 Å². The summed E-state index contributed by atoms with van der Waals surface area (Å²) >= 11 is 8.41. The number of rotatable bonds is 3. The van der Waals surface area contributed by atoms with Gasteiger partial charge in [-0.25, -0.2) is 0 Å². The lowest BCUT2D eigenvalue weighted by Crippen LogP contribution is -2.22. The van der Waals surface area contributed by atoms with Crippen LogP contribution in [0.15, 0.2) is 102 Å². The molecular weight excluding hydrogens is 545 g/mol. The summed E-state index contributed by atoms with van der Waals surface area (Å²) in [6.07, 6.45) is 0. The summed E-state index contributed by atoms with van der Waals surface area (Å²) in [5, 5.41) is 2.56. The molecule has 1 aliphatic heterocycles. The molecule has 2 aliphatic rings. The molecule has 0 fully saturated rings. The Hall–Kier alpha value is -3.21. The number of aromatic nitrogens is 1. The predicted molar refractivity (Wildman–Crippen MR) is 167 cm³/mol. The summed E-state index contributed by atoms with van der Waals surface area (Å²) in [5.41, 5.74) is 13.7. The van der Waals surface area contributed by atoms with Gasteiger partial charge in [-0.15, -0.1) is 0 Å². The van der Waals surface area contributed by atoms with E-state index in [4.69, 9.17) is 7.85 Å². The molecule has 0 spiro atoms. The molecule has 180 valence electrons. The van der Waals surface area contributed by atoms with Gasteiger partial charge in [-0.05, 0) is 70.6 Å². The average Bonchev–Trinajstić information content (AvgIpc) is 3.38. The van der Waals surface area contributed by atoms with Gasteiger partial charge in [0.15, 0.2) is 0 Å². The quantitative estimate of drug-likeness (QED) is 0.160. The Balaban J connectivity index is 1.63. The molecule has 0 bridgehead atoms. The van der Waals surface area contributed by atoms with Crippen LogP contribution in [0, 0.1) is 0 Å². The number of para-hydroxylation sites is 1. The topological polar surface area (TPSA) is 4.93 Å². The zero-order valence-corrected chi connectivity index (χ0v) is 23.4. The van der Waals surface area contributed by atoms with E-state index in [9.17, 15) is 0 Å². The molecule has 1 aliphatic carbocycles. The highest BCUT2D eigenvalue weighted by atomic mass is 79.9. The molecule has 0 saturated heterocycles.